The predicted molar refractivity (Wildman–Crippen MR) is 57.5 cm³/mol. The first-order valence-electron chi connectivity index (χ1n) is 4.83. The second-order valence-electron chi connectivity index (χ2n) is 3.23. The topological polar surface area (TPSA) is 87.1 Å². The molecular weight excluding hydrogens is 208 g/mol. The Morgan fingerprint density at radius 2 is 2.31 bits per heavy atom. The molecule has 84 valence electrons. The molecule has 0 aliphatic heterocycles. The minimum atomic E-state index is 0.443. The summed E-state index contributed by atoms with van der Waals surface area (Å²) >= 11 is 0. The van der Waals surface area contributed by atoms with Gasteiger partial charge in [0.15, 0.2) is 5.82 Å². The van der Waals surface area contributed by atoms with E-state index >= 15 is 0 Å². The van der Waals surface area contributed by atoms with Crippen LogP contribution in [0.25, 0.3) is 11.5 Å². The van der Waals surface area contributed by atoms with E-state index in [9.17, 15) is 0 Å². The van der Waals surface area contributed by atoms with Crippen molar-refractivity contribution in [3.63, 3.8) is 0 Å². The second kappa shape index (κ2) is 4.71. The van der Waals surface area contributed by atoms with Gasteiger partial charge in [-0.1, -0.05) is 5.16 Å². The van der Waals surface area contributed by atoms with Crippen LogP contribution in [0.1, 0.15) is 5.82 Å². The highest BCUT2D eigenvalue weighted by Crippen LogP contribution is 2.16. The van der Waals surface area contributed by atoms with Gasteiger partial charge in [-0.2, -0.15) is 4.98 Å². The molecule has 0 radical (unpaired) electrons. The monoisotopic (exact) mass is 220 g/mol. The van der Waals surface area contributed by atoms with Crippen LogP contribution in [0.5, 0.6) is 0 Å². The van der Waals surface area contributed by atoms with Gasteiger partial charge in [0.25, 0.3) is 5.89 Å². The molecule has 0 fully saturated rings. The summed E-state index contributed by atoms with van der Waals surface area (Å²) in [7, 11) is 1.63. The first-order valence-corrected chi connectivity index (χ1v) is 4.83. The summed E-state index contributed by atoms with van der Waals surface area (Å²) in [5.74, 6) is 1.52. The lowest BCUT2D eigenvalue weighted by atomic mass is 10.3. The molecule has 0 unspecified atom stereocenters. The zero-order chi connectivity index (χ0) is 11.4. The summed E-state index contributed by atoms with van der Waals surface area (Å²) in [5.41, 5.74) is 6.24. The van der Waals surface area contributed by atoms with Gasteiger partial charge in [-0.05, 0) is 12.1 Å². The molecule has 0 bridgehead atoms. The van der Waals surface area contributed by atoms with Crippen LogP contribution in [0.15, 0.2) is 22.9 Å². The normalized spacial score (nSPS) is 10.6. The van der Waals surface area contributed by atoms with Crippen molar-refractivity contribution in [3.05, 3.63) is 24.2 Å². The van der Waals surface area contributed by atoms with Gasteiger partial charge in [-0.3, -0.25) is 0 Å². The SMILES string of the molecule is COCCc1noc(-c2ccc(N)nc2)n1. The number of nitrogens with two attached hydrogens (primary N) is 1. The zero-order valence-electron chi connectivity index (χ0n) is 8.88. The van der Waals surface area contributed by atoms with Gasteiger partial charge in [0.1, 0.15) is 5.82 Å². The van der Waals surface area contributed by atoms with Crippen LogP contribution in [-0.4, -0.2) is 28.8 Å². The van der Waals surface area contributed by atoms with Crippen molar-refractivity contribution < 1.29 is 9.26 Å². The van der Waals surface area contributed by atoms with Crippen molar-refractivity contribution in [2.75, 3.05) is 19.5 Å². The van der Waals surface area contributed by atoms with E-state index in [4.69, 9.17) is 15.0 Å². The lowest BCUT2D eigenvalue weighted by Crippen LogP contribution is -1.96. The van der Waals surface area contributed by atoms with E-state index in [1.54, 1.807) is 25.4 Å². The molecule has 0 saturated carbocycles. The van der Waals surface area contributed by atoms with Gasteiger partial charge in [0.05, 0.1) is 12.2 Å². The number of nitrogens with zero attached hydrogens (tertiary/aromatic N) is 3. The molecule has 0 amide bonds. The predicted octanol–water partition coefficient (Wildman–Crippen LogP) is 0.903. The minimum absolute atomic E-state index is 0.443. The molecule has 6 nitrogen and oxygen atoms in total. The van der Waals surface area contributed by atoms with Crippen LogP contribution in [0.2, 0.25) is 0 Å². The van der Waals surface area contributed by atoms with Gasteiger partial charge in [-0.25, -0.2) is 4.98 Å². The standard InChI is InChI=1S/C10H12N4O2/c1-15-5-4-9-13-10(16-14-9)7-2-3-8(11)12-6-7/h2-3,6H,4-5H2,1H3,(H2,11,12). The summed E-state index contributed by atoms with van der Waals surface area (Å²) in [4.78, 5) is 8.16. The highest BCUT2D eigenvalue weighted by molar-refractivity contribution is 5.53. The maximum atomic E-state index is 5.48. The van der Waals surface area contributed by atoms with Gasteiger partial charge in [0.2, 0.25) is 0 Å². The largest absolute Gasteiger partial charge is 0.384 e. The molecule has 0 aromatic carbocycles. The fourth-order valence-electron chi connectivity index (χ4n) is 1.20. The first kappa shape index (κ1) is 10.6. The van der Waals surface area contributed by atoms with Crippen LogP contribution in [0.4, 0.5) is 5.82 Å². The van der Waals surface area contributed by atoms with Gasteiger partial charge in [-0.15, -0.1) is 0 Å². The summed E-state index contributed by atoms with van der Waals surface area (Å²) in [6.07, 6.45) is 2.23. The van der Waals surface area contributed by atoms with E-state index in [1.807, 2.05) is 0 Å². The van der Waals surface area contributed by atoms with E-state index in [-0.39, 0.29) is 0 Å². The molecule has 2 aromatic heterocycles. The van der Waals surface area contributed by atoms with Gasteiger partial charge >= 0.3 is 0 Å². The molecule has 2 heterocycles. The molecule has 6 heteroatoms. The number of rotatable bonds is 4. The molecule has 0 atom stereocenters. The van der Waals surface area contributed by atoms with Crippen LogP contribution < -0.4 is 5.73 Å². The van der Waals surface area contributed by atoms with Crippen molar-refractivity contribution in [1.82, 2.24) is 15.1 Å². The van der Waals surface area contributed by atoms with E-state index in [0.29, 0.717) is 30.6 Å². The Balaban J connectivity index is 2.15. The maximum absolute atomic E-state index is 5.48. The van der Waals surface area contributed by atoms with Crippen molar-refractivity contribution in [2.24, 2.45) is 0 Å². The number of hydrogen-bond acceptors (Lipinski definition) is 6. The number of pyridine rings is 1. The molecule has 0 aliphatic carbocycles. The van der Waals surface area contributed by atoms with Crippen molar-refractivity contribution >= 4 is 5.82 Å². The summed E-state index contributed by atoms with van der Waals surface area (Å²) < 4.78 is 10.0. The third-order valence-corrected chi connectivity index (χ3v) is 2.03. The van der Waals surface area contributed by atoms with Crippen molar-refractivity contribution in [3.8, 4) is 11.5 Å². The van der Waals surface area contributed by atoms with Crippen LogP contribution >= 0.6 is 0 Å². The molecule has 16 heavy (non-hydrogen) atoms. The smallest absolute Gasteiger partial charge is 0.259 e. The summed E-state index contributed by atoms with van der Waals surface area (Å²) in [6, 6.07) is 3.48. The van der Waals surface area contributed by atoms with E-state index < -0.39 is 0 Å². The lowest BCUT2D eigenvalue weighted by Gasteiger charge is -1.93. The fraction of sp³-hybridized carbons (Fsp3) is 0.300. The fourth-order valence-corrected chi connectivity index (χ4v) is 1.20. The van der Waals surface area contributed by atoms with E-state index in [2.05, 4.69) is 15.1 Å². The average Bonchev–Trinajstić information content (AvgIpc) is 2.76. The van der Waals surface area contributed by atoms with E-state index in [1.165, 1.54) is 0 Å². The van der Waals surface area contributed by atoms with Gasteiger partial charge < -0.3 is 15.0 Å². The molecule has 2 aromatic rings. The highest BCUT2D eigenvalue weighted by Gasteiger charge is 2.08. The highest BCUT2D eigenvalue weighted by atomic mass is 16.5. The Labute approximate surface area is 92.4 Å². The second-order valence-corrected chi connectivity index (χ2v) is 3.23. The molecule has 0 saturated heterocycles. The zero-order valence-corrected chi connectivity index (χ0v) is 8.88. The van der Waals surface area contributed by atoms with Crippen molar-refractivity contribution in [2.45, 2.75) is 6.42 Å². The Hall–Kier alpha value is -1.95. The number of methoxy groups -OCH3 is 1. The maximum Gasteiger partial charge on any atom is 0.259 e. The number of ether oxygens (including phenoxy) is 1. The Kier molecular flexibility index (Phi) is 3.11. The third-order valence-electron chi connectivity index (χ3n) is 2.03. The van der Waals surface area contributed by atoms with Gasteiger partial charge in [0, 0.05) is 19.7 Å². The van der Waals surface area contributed by atoms with Crippen LogP contribution in [-0.2, 0) is 11.2 Å². The molecule has 0 aliphatic rings. The average molecular weight is 220 g/mol. The Morgan fingerprint density at radius 1 is 1.44 bits per heavy atom. The Morgan fingerprint density at radius 3 is 3.00 bits per heavy atom. The molecule has 2 rings (SSSR count). The number of anilines is 1. The number of aromatic nitrogens is 3. The Bertz CT molecular complexity index is 452. The van der Waals surface area contributed by atoms with Crippen LogP contribution in [0, 0.1) is 0 Å². The minimum Gasteiger partial charge on any atom is -0.384 e. The molecule has 0 spiro atoms. The molecular formula is C10H12N4O2. The first-order chi connectivity index (χ1) is 7.79. The quantitative estimate of drug-likeness (QED) is 0.823. The third kappa shape index (κ3) is 2.34. The molecule has 2 N–H and O–H groups in total. The number of nitrogen functional groups attached to an aromatic ring is 1. The van der Waals surface area contributed by atoms with Crippen LogP contribution in [0.3, 0.4) is 0 Å². The lowest BCUT2D eigenvalue weighted by molar-refractivity contribution is 0.199. The van der Waals surface area contributed by atoms with E-state index in [0.717, 1.165) is 5.56 Å². The van der Waals surface area contributed by atoms with Crippen molar-refractivity contribution in [1.29, 1.82) is 0 Å². The summed E-state index contributed by atoms with van der Waals surface area (Å²) in [5, 5.41) is 3.83. The number of hydrogen-bond donors (Lipinski definition) is 1. The summed E-state index contributed by atoms with van der Waals surface area (Å²) in [6.45, 7) is 0.568.